The molecule has 0 heterocycles. The first-order chi connectivity index (χ1) is 16.7. The Morgan fingerprint density at radius 2 is 1.00 bits per heavy atom. The van der Waals surface area contributed by atoms with E-state index in [9.17, 15) is 9.59 Å². The van der Waals surface area contributed by atoms with Gasteiger partial charge in [-0.25, -0.2) is 0 Å². The lowest BCUT2D eigenvalue weighted by Gasteiger charge is -2.22. The van der Waals surface area contributed by atoms with Crippen molar-refractivity contribution in [2.75, 3.05) is 0 Å². The van der Waals surface area contributed by atoms with Crippen LogP contribution in [-0.2, 0) is 0 Å². The third kappa shape index (κ3) is 3.65. The van der Waals surface area contributed by atoms with Crippen molar-refractivity contribution in [2.24, 2.45) is 0 Å². The van der Waals surface area contributed by atoms with Crippen molar-refractivity contribution in [1.82, 2.24) is 0 Å². The summed E-state index contributed by atoms with van der Waals surface area (Å²) in [7, 11) is 0. The van der Waals surface area contributed by atoms with Gasteiger partial charge in [-0.1, -0.05) is 96.3 Å². The fourth-order valence-electron chi connectivity index (χ4n) is 4.32. The van der Waals surface area contributed by atoms with Gasteiger partial charge in [0.1, 0.15) is 0 Å². The van der Waals surface area contributed by atoms with Gasteiger partial charge in [0.25, 0.3) is 0 Å². The molecule has 6 rings (SSSR count). The first kappa shape index (κ1) is 21.0. The molecular formula is C30H18O2S2. The predicted molar refractivity (Wildman–Crippen MR) is 138 cm³/mol. The highest BCUT2D eigenvalue weighted by Crippen LogP contribution is 2.41. The number of hydrogen-bond acceptors (Lipinski definition) is 4. The highest BCUT2D eigenvalue weighted by atomic mass is 32.2. The van der Waals surface area contributed by atoms with Gasteiger partial charge in [-0.2, -0.15) is 0 Å². The van der Waals surface area contributed by atoms with Gasteiger partial charge in [0, 0.05) is 41.8 Å². The number of fused-ring (bicyclic) bond motifs is 3. The molecular weight excluding hydrogens is 456 g/mol. The van der Waals surface area contributed by atoms with Gasteiger partial charge in [0.2, 0.25) is 0 Å². The summed E-state index contributed by atoms with van der Waals surface area (Å²) in [6, 6.07) is 35.5. The summed E-state index contributed by atoms with van der Waals surface area (Å²) < 4.78 is 0. The van der Waals surface area contributed by atoms with Crippen molar-refractivity contribution in [3.05, 3.63) is 131 Å². The fourth-order valence-corrected chi connectivity index (χ4v) is 6.35. The van der Waals surface area contributed by atoms with Gasteiger partial charge in [0.05, 0.1) is 0 Å². The van der Waals surface area contributed by atoms with Gasteiger partial charge >= 0.3 is 0 Å². The van der Waals surface area contributed by atoms with Crippen molar-refractivity contribution in [2.45, 2.75) is 19.6 Å². The molecule has 0 spiro atoms. The molecule has 0 N–H and O–H groups in total. The van der Waals surface area contributed by atoms with Crippen molar-refractivity contribution in [1.29, 1.82) is 0 Å². The topological polar surface area (TPSA) is 34.1 Å². The van der Waals surface area contributed by atoms with Crippen LogP contribution in [0.1, 0.15) is 31.8 Å². The van der Waals surface area contributed by atoms with Gasteiger partial charge in [-0.05, 0) is 47.2 Å². The maximum atomic E-state index is 13.7. The van der Waals surface area contributed by atoms with Crippen LogP contribution < -0.4 is 0 Å². The van der Waals surface area contributed by atoms with Crippen molar-refractivity contribution in [3.8, 4) is 0 Å². The van der Waals surface area contributed by atoms with E-state index in [2.05, 4.69) is 30.3 Å². The molecule has 5 aromatic carbocycles. The molecule has 0 bridgehead atoms. The van der Waals surface area contributed by atoms with Crippen LogP contribution in [0.3, 0.4) is 0 Å². The largest absolute Gasteiger partial charge is 0.289 e. The van der Waals surface area contributed by atoms with E-state index in [0.29, 0.717) is 22.3 Å². The van der Waals surface area contributed by atoms with E-state index in [4.69, 9.17) is 0 Å². The molecule has 0 unspecified atom stereocenters. The zero-order valence-electron chi connectivity index (χ0n) is 18.0. The molecule has 2 nitrogen and oxygen atoms in total. The lowest BCUT2D eigenvalue weighted by Crippen LogP contribution is -2.22. The molecule has 162 valence electrons. The smallest absolute Gasteiger partial charge is 0.195 e. The van der Waals surface area contributed by atoms with E-state index in [1.54, 1.807) is 12.1 Å². The minimum Gasteiger partial charge on any atom is -0.289 e. The normalized spacial score (nSPS) is 12.5. The second-order valence-electron chi connectivity index (χ2n) is 8.04. The SMILES string of the molecule is O=C1c2cccc(Sc3ccc4ccccc4c3)c2C(=O)c2cccc(Sc3ccccc3)c21. The van der Waals surface area contributed by atoms with Gasteiger partial charge in [0.15, 0.2) is 11.6 Å². The monoisotopic (exact) mass is 474 g/mol. The van der Waals surface area contributed by atoms with E-state index in [1.807, 2.05) is 66.7 Å². The van der Waals surface area contributed by atoms with Gasteiger partial charge in [-0.3, -0.25) is 9.59 Å². The number of carbonyl (C=O) groups is 2. The Labute approximate surface area is 206 Å². The minimum atomic E-state index is -0.0935. The number of hydrogen-bond donors (Lipinski definition) is 0. The molecule has 0 fully saturated rings. The van der Waals surface area contributed by atoms with Crippen LogP contribution in [-0.4, -0.2) is 11.6 Å². The summed E-state index contributed by atoms with van der Waals surface area (Å²) in [5.74, 6) is -0.186. The molecule has 0 saturated heterocycles. The third-order valence-corrected chi connectivity index (χ3v) is 8.03. The molecule has 1 aliphatic rings. The van der Waals surface area contributed by atoms with Crippen LogP contribution in [0.2, 0.25) is 0 Å². The average molecular weight is 475 g/mol. The molecule has 0 radical (unpaired) electrons. The Morgan fingerprint density at radius 1 is 0.441 bits per heavy atom. The maximum Gasteiger partial charge on any atom is 0.195 e. The third-order valence-electron chi connectivity index (χ3n) is 5.92. The Kier molecular flexibility index (Phi) is 5.33. The standard InChI is InChI=1S/C30H18O2S2/c31-29-24-13-7-15-26(34-22-17-16-19-8-4-5-9-20(19)18-22)28(24)30(32)23-12-6-14-25(27(23)29)33-21-10-2-1-3-11-21/h1-18H. The fraction of sp³-hybridized carbons (Fsp3) is 0. The second-order valence-corrected chi connectivity index (χ2v) is 10.3. The van der Waals surface area contributed by atoms with Crippen molar-refractivity contribution < 1.29 is 9.59 Å². The molecule has 0 saturated carbocycles. The average Bonchev–Trinajstić information content (AvgIpc) is 2.88. The number of carbonyl (C=O) groups excluding carboxylic acids is 2. The number of ketones is 2. The summed E-state index contributed by atoms with van der Waals surface area (Å²) in [6.45, 7) is 0. The van der Waals surface area contributed by atoms with E-state index >= 15 is 0 Å². The van der Waals surface area contributed by atoms with Crippen LogP contribution in [0.4, 0.5) is 0 Å². The number of rotatable bonds is 4. The first-order valence-corrected chi connectivity index (χ1v) is 12.6. The Bertz CT molecular complexity index is 1590. The Morgan fingerprint density at radius 3 is 1.65 bits per heavy atom. The lowest BCUT2D eigenvalue weighted by atomic mass is 9.84. The van der Waals surface area contributed by atoms with E-state index in [0.717, 1.165) is 25.0 Å². The van der Waals surface area contributed by atoms with E-state index in [-0.39, 0.29) is 11.6 Å². The molecule has 1 aliphatic carbocycles. The summed E-state index contributed by atoms with van der Waals surface area (Å²) in [5.41, 5.74) is 1.95. The maximum absolute atomic E-state index is 13.7. The predicted octanol–water partition coefficient (Wildman–Crippen LogP) is 7.92. The van der Waals surface area contributed by atoms with Crippen LogP contribution in [0, 0.1) is 0 Å². The van der Waals surface area contributed by atoms with Gasteiger partial charge in [-0.15, -0.1) is 0 Å². The molecule has 5 aromatic rings. The number of benzene rings is 5. The Balaban J connectivity index is 1.41. The van der Waals surface area contributed by atoms with Crippen LogP contribution in [0.15, 0.2) is 129 Å². The zero-order chi connectivity index (χ0) is 23.1. The zero-order valence-corrected chi connectivity index (χ0v) is 19.7. The molecule has 0 aromatic heterocycles. The van der Waals surface area contributed by atoms with Crippen LogP contribution in [0.25, 0.3) is 10.8 Å². The summed E-state index contributed by atoms with van der Waals surface area (Å²) >= 11 is 3.04. The molecule has 0 amide bonds. The highest BCUT2D eigenvalue weighted by molar-refractivity contribution is 7.99. The summed E-state index contributed by atoms with van der Waals surface area (Å²) in [6.07, 6.45) is 0. The van der Waals surface area contributed by atoms with E-state index < -0.39 is 0 Å². The Hall–Kier alpha value is -3.60. The van der Waals surface area contributed by atoms with Crippen molar-refractivity contribution >= 4 is 45.9 Å². The van der Waals surface area contributed by atoms with Crippen molar-refractivity contribution in [3.63, 3.8) is 0 Å². The molecule has 34 heavy (non-hydrogen) atoms. The quantitative estimate of drug-likeness (QED) is 0.260. The van der Waals surface area contributed by atoms with Crippen LogP contribution in [0.5, 0.6) is 0 Å². The lowest BCUT2D eigenvalue weighted by molar-refractivity contribution is 0.0974. The summed E-state index contributed by atoms with van der Waals surface area (Å²) in [5, 5.41) is 2.32. The van der Waals surface area contributed by atoms with Gasteiger partial charge < -0.3 is 0 Å². The minimum absolute atomic E-state index is 0.0930. The summed E-state index contributed by atoms with van der Waals surface area (Å²) in [4.78, 5) is 31.0. The van der Waals surface area contributed by atoms with E-state index in [1.165, 1.54) is 28.9 Å². The molecule has 4 heteroatoms. The first-order valence-electron chi connectivity index (χ1n) is 10.9. The second kappa shape index (κ2) is 8.64. The molecule has 0 aliphatic heterocycles. The molecule has 0 atom stereocenters. The van der Waals surface area contributed by atoms with Crippen LogP contribution >= 0.6 is 23.5 Å². The highest BCUT2D eigenvalue weighted by Gasteiger charge is 2.33.